The molecule has 170 valence electrons. The van der Waals surface area contributed by atoms with Gasteiger partial charge in [0.2, 0.25) is 0 Å². The van der Waals surface area contributed by atoms with Crippen molar-refractivity contribution >= 4 is 34.1 Å². The van der Waals surface area contributed by atoms with E-state index in [4.69, 9.17) is 14.2 Å². The Morgan fingerprint density at radius 3 is 2.72 bits per heavy atom. The molecule has 2 heterocycles. The van der Waals surface area contributed by atoms with Crippen LogP contribution < -0.4 is 10.1 Å². The van der Waals surface area contributed by atoms with Gasteiger partial charge in [0.25, 0.3) is 11.8 Å². The number of hydrogen-bond acceptors (Lipinski definition) is 7. The molecule has 2 aliphatic rings. The monoisotopic (exact) mass is 458 g/mol. The Morgan fingerprint density at radius 1 is 1.16 bits per heavy atom. The highest BCUT2D eigenvalue weighted by Crippen LogP contribution is 2.39. The molecule has 1 aromatic heterocycles. The molecule has 1 aliphatic carbocycles. The number of ether oxygens (including phenoxy) is 3. The molecule has 4 rings (SSSR count). The zero-order valence-electron chi connectivity index (χ0n) is 18.0. The summed E-state index contributed by atoms with van der Waals surface area (Å²) in [6, 6.07) is 6.88. The van der Waals surface area contributed by atoms with E-state index in [0.29, 0.717) is 48.2 Å². The van der Waals surface area contributed by atoms with Crippen LogP contribution >= 0.6 is 11.3 Å². The van der Waals surface area contributed by atoms with Crippen LogP contribution in [-0.2, 0) is 27.1 Å². The van der Waals surface area contributed by atoms with Crippen LogP contribution in [0, 0.1) is 0 Å². The van der Waals surface area contributed by atoms with E-state index in [-0.39, 0.29) is 19.1 Å². The molecule has 1 saturated heterocycles. The molecule has 0 atom stereocenters. The average Bonchev–Trinajstić information content (AvgIpc) is 3.39. The number of carbonyl (C=O) groups is 3. The summed E-state index contributed by atoms with van der Waals surface area (Å²) in [4.78, 5) is 40.8. The number of anilines is 1. The number of fused-ring (bicyclic) bond motifs is 1. The number of nitrogens with zero attached hydrogens (tertiary/aromatic N) is 1. The van der Waals surface area contributed by atoms with E-state index in [2.05, 4.69) is 5.32 Å². The average molecular weight is 459 g/mol. The summed E-state index contributed by atoms with van der Waals surface area (Å²) >= 11 is 1.42. The van der Waals surface area contributed by atoms with Crippen molar-refractivity contribution in [1.29, 1.82) is 0 Å². The van der Waals surface area contributed by atoms with Gasteiger partial charge in [-0.25, -0.2) is 4.79 Å². The second-order valence-corrected chi connectivity index (χ2v) is 8.62. The number of carbonyl (C=O) groups excluding carboxylic acids is 3. The molecular formula is C23H26N2O6S. The lowest BCUT2D eigenvalue weighted by Crippen LogP contribution is -2.40. The summed E-state index contributed by atoms with van der Waals surface area (Å²) in [6.45, 7) is 3.80. The first-order valence-corrected chi connectivity index (χ1v) is 11.6. The molecule has 1 fully saturated rings. The number of thiophene rings is 1. The molecule has 0 saturated carbocycles. The number of para-hydroxylation sites is 1. The number of nitrogens with one attached hydrogen (secondary N) is 1. The Bertz CT molecular complexity index is 1010. The lowest BCUT2D eigenvalue weighted by molar-refractivity contribution is -0.118. The molecule has 2 aromatic rings. The van der Waals surface area contributed by atoms with Crippen LogP contribution in [0.5, 0.6) is 5.75 Å². The van der Waals surface area contributed by atoms with E-state index in [1.54, 1.807) is 36.1 Å². The molecule has 8 nitrogen and oxygen atoms in total. The summed E-state index contributed by atoms with van der Waals surface area (Å²) in [5.74, 6) is -0.615. The van der Waals surface area contributed by atoms with Gasteiger partial charge in [0.15, 0.2) is 6.61 Å². The van der Waals surface area contributed by atoms with Gasteiger partial charge in [-0.3, -0.25) is 9.59 Å². The van der Waals surface area contributed by atoms with Crippen LogP contribution in [0.3, 0.4) is 0 Å². The minimum atomic E-state index is -0.412. The first-order chi connectivity index (χ1) is 15.6. The number of benzene rings is 1. The Morgan fingerprint density at radius 2 is 1.94 bits per heavy atom. The molecule has 0 radical (unpaired) electrons. The van der Waals surface area contributed by atoms with Gasteiger partial charge in [-0.05, 0) is 43.9 Å². The third kappa shape index (κ3) is 4.78. The predicted molar refractivity (Wildman–Crippen MR) is 120 cm³/mol. The van der Waals surface area contributed by atoms with Crippen molar-refractivity contribution in [1.82, 2.24) is 4.90 Å². The van der Waals surface area contributed by atoms with Crippen LogP contribution in [0.4, 0.5) is 5.00 Å². The first-order valence-electron chi connectivity index (χ1n) is 10.8. The lowest BCUT2D eigenvalue weighted by Gasteiger charge is -2.27. The lowest BCUT2D eigenvalue weighted by atomic mass is 10.1. The van der Waals surface area contributed by atoms with Crippen LogP contribution in [0.1, 0.15) is 44.5 Å². The second kappa shape index (κ2) is 10.1. The standard InChI is InChI=1S/C23H26N2O6S/c1-2-30-23(28)20-16-7-5-9-18(16)32-21(20)24-19(26)14-31-17-8-4-3-6-15(17)22(27)25-10-12-29-13-11-25/h3-4,6,8H,2,5,7,9-14H2,1H3,(H,24,26). The number of morpholine rings is 1. The summed E-state index contributed by atoms with van der Waals surface area (Å²) in [5, 5.41) is 3.30. The van der Waals surface area contributed by atoms with Gasteiger partial charge in [-0.2, -0.15) is 0 Å². The van der Waals surface area contributed by atoms with Crippen molar-refractivity contribution in [3.63, 3.8) is 0 Å². The largest absolute Gasteiger partial charge is 0.483 e. The van der Waals surface area contributed by atoms with Crippen molar-refractivity contribution in [3.05, 3.63) is 45.8 Å². The van der Waals surface area contributed by atoms with Gasteiger partial charge < -0.3 is 24.4 Å². The van der Waals surface area contributed by atoms with Crippen LogP contribution in [0.15, 0.2) is 24.3 Å². The molecule has 32 heavy (non-hydrogen) atoms. The molecule has 1 N–H and O–H groups in total. The maximum absolute atomic E-state index is 12.9. The molecule has 0 bridgehead atoms. The number of hydrogen-bond donors (Lipinski definition) is 1. The van der Waals surface area contributed by atoms with Crippen molar-refractivity contribution in [2.24, 2.45) is 0 Å². The quantitative estimate of drug-likeness (QED) is 0.642. The van der Waals surface area contributed by atoms with E-state index < -0.39 is 11.9 Å². The van der Waals surface area contributed by atoms with Crippen LogP contribution in [-0.4, -0.2) is 62.2 Å². The Balaban J connectivity index is 1.43. The third-order valence-electron chi connectivity index (χ3n) is 5.43. The highest BCUT2D eigenvalue weighted by Gasteiger charge is 2.28. The Hall–Kier alpha value is -2.91. The zero-order chi connectivity index (χ0) is 22.5. The van der Waals surface area contributed by atoms with Gasteiger partial charge in [-0.15, -0.1) is 11.3 Å². The van der Waals surface area contributed by atoms with Gasteiger partial charge in [0.1, 0.15) is 10.8 Å². The number of rotatable bonds is 7. The normalized spacial score (nSPS) is 15.2. The predicted octanol–water partition coefficient (Wildman–Crippen LogP) is 2.90. The summed E-state index contributed by atoms with van der Waals surface area (Å²) in [5.41, 5.74) is 1.84. The highest BCUT2D eigenvalue weighted by atomic mass is 32.1. The minimum Gasteiger partial charge on any atom is -0.483 e. The van der Waals surface area contributed by atoms with Crippen LogP contribution in [0.2, 0.25) is 0 Å². The van der Waals surface area contributed by atoms with Gasteiger partial charge in [0.05, 0.1) is 30.9 Å². The van der Waals surface area contributed by atoms with Gasteiger partial charge in [-0.1, -0.05) is 12.1 Å². The van der Waals surface area contributed by atoms with Gasteiger partial charge in [0, 0.05) is 18.0 Å². The fourth-order valence-electron chi connectivity index (χ4n) is 3.92. The second-order valence-electron chi connectivity index (χ2n) is 7.52. The highest BCUT2D eigenvalue weighted by molar-refractivity contribution is 7.17. The first kappa shape index (κ1) is 22.3. The van der Waals surface area contributed by atoms with Crippen molar-refractivity contribution < 1.29 is 28.6 Å². The molecule has 0 unspecified atom stereocenters. The summed E-state index contributed by atoms with van der Waals surface area (Å²) in [7, 11) is 0. The molecule has 1 aromatic carbocycles. The summed E-state index contributed by atoms with van der Waals surface area (Å²) < 4.78 is 16.2. The zero-order valence-corrected chi connectivity index (χ0v) is 18.8. The molecule has 9 heteroatoms. The van der Waals surface area contributed by atoms with Crippen molar-refractivity contribution in [2.45, 2.75) is 26.2 Å². The van der Waals surface area contributed by atoms with E-state index in [1.165, 1.54) is 11.3 Å². The SMILES string of the molecule is CCOC(=O)c1c(NC(=O)COc2ccccc2C(=O)N2CCOCC2)sc2c1CCC2. The van der Waals surface area contributed by atoms with E-state index in [9.17, 15) is 14.4 Å². The fourth-order valence-corrected chi connectivity index (χ4v) is 5.22. The minimum absolute atomic E-state index is 0.149. The molecule has 0 spiro atoms. The van der Waals surface area contributed by atoms with E-state index >= 15 is 0 Å². The smallest absolute Gasteiger partial charge is 0.341 e. The topological polar surface area (TPSA) is 94.2 Å². The number of amides is 2. The number of aryl methyl sites for hydroxylation is 1. The molecule has 2 amide bonds. The van der Waals surface area contributed by atoms with Gasteiger partial charge >= 0.3 is 5.97 Å². The van der Waals surface area contributed by atoms with Crippen LogP contribution in [0.25, 0.3) is 0 Å². The molecule has 1 aliphatic heterocycles. The maximum atomic E-state index is 12.9. The van der Waals surface area contributed by atoms with Crippen molar-refractivity contribution in [2.75, 3.05) is 44.8 Å². The third-order valence-corrected chi connectivity index (χ3v) is 6.64. The summed E-state index contributed by atoms with van der Waals surface area (Å²) in [6.07, 6.45) is 2.71. The maximum Gasteiger partial charge on any atom is 0.341 e. The van der Waals surface area contributed by atoms with E-state index in [1.807, 2.05) is 0 Å². The Kier molecular flexibility index (Phi) is 7.06. The van der Waals surface area contributed by atoms with E-state index in [0.717, 1.165) is 29.7 Å². The number of esters is 1. The Labute approximate surface area is 190 Å². The molecular weight excluding hydrogens is 432 g/mol. The van der Waals surface area contributed by atoms with Crippen molar-refractivity contribution in [3.8, 4) is 5.75 Å². The fraction of sp³-hybridized carbons (Fsp3) is 0.435.